The van der Waals surface area contributed by atoms with Crippen molar-refractivity contribution in [2.24, 2.45) is 17.3 Å². The van der Waals surface area contributed by atoms with Crippen LogP contribution in [0.1, 0.15) is 51.0 Å². The second-order valence-corrected chi connectivity index (χ2v) is 11.5. The van der Waals surface area contributed by atoms with Crippen molar-refractivity contribution in [3.8, 4) is 0 Å². The zero-order chi connectivity index (χ0) is 25.7. The molecule has 0 aliphatic heterocycles. The van der Waals surface area contributed by atoms with E-state index >= 15 is 0 Å². The summed E-state index contributed by atoms with van der Waals surface area (Å²) in [5.74, 6) is -0.258. The molecular weight excluding hydrogens is 484 g/mol. The van der Waals surface area contributed by atoms with Gasteiger partial charge in [0.1, 0.15) is 5.82 Å². The number of carbonyl (C=O) groups excluding carboxylic acids is 2. The molecule has 1 amide bonds. The van der Waals surface area contributed by atoms with E-state index in [1.807, 2.05) is 30.3 Å². The van der Waals surface area contributed by atoms with Gasteiger partial charge >= 0.3 is 11.7 Å². The molecule has 4 saturated carbocycles. The number of aromatic amines is 1. The fourth-order valence-corrected chi connectivity index (χ4v) is 7.66. The van der Waals surface area contributed by atoms with E-state index in [1.165, 1.54) is 4.57 Å². The summed E-state index contributed by atoms with van der Waals surface area (Å²) in [6.07, 6.45) is 5.05. The zero-order valence-corrected chi connectivity index (χ0v) is 21.1. The van der Waals surface area contributed by atoms with Crippen LogP contribution in [-0.4, -0.2) is 39.5 Å². The van der Waals surface area contributed by atoms with E-state index < -0.39 is 29.2 Å². The third-order valence-corrected chi connectivity index (χ3v) is 8.48. The molecule has 2 atom stereocenters. The lowest BCUT2D eigenvalue weighted by Gasteiger charge is -2.58. The zero-order valence-electron chi connectivity index (χ0n) is 20.3. The van der Waals surface area contributed by atoms with E-state index in [2.05, 4.69) is 4.98 Å². The number of ether oxygens (including phenoxy) is 1. The number of carbonyl (C=O) groups is 2. The molecule has 1 aromatic heterocycles. The number of nitrogens with two attached hydrogens (primary N) is 1. The molecule has 4 aliphatic rings. The SMILES string of the molecule is CCN(C(=O)COC(=O)C12C[C@@H]3C[C@H](CC(Cl)(C3)C1)C2)c1c(N)n(Cc2ccccc2)c(=O)[nH]c1=O. The summed E-state index contributed by atoms with van der Waals surface area (Å²) in [4.78, 5) is 54.6. The Bertz CT molecular complexity index is 1290. The van der Waals surface area contributed by atoms with Crippen LogP contribution < -0.4 is 21.9 Å². The molecule has 4 bridgehead atoms. The van der Waals surface area contributed by atoms with Gasteiger partial charge in [0.2, 0.25) is 0 Å². The minimum atomic E-state index is -0.770. The van der Waals surface area contributed by atoms with Gasteiger partial charge in [0, 0.05) is 11.4 Å². The van der Waals surface area contributed by atoms with E-state index in [-0.39, 0.29) is 35.4 Å². The number of H-pyrrole nitrogens is 1. The van der Waals surface area contributed by atoms with Crippen molar-refractivity contribution in [3.05, 3.63) is 56.7 Å². The first-order valence-corrected chi connectivity index (χ1v) is 12.8. The monoisotopic (exact) mass is 514 g/mol. The number of hydrogen-bond donors (Lipinski definition) is 2. The first kappa shape index (κ1) is 24.6. The molecule has 192 valence electrons. The largest absolute Gasteiger partial charge is 0.455 e. The fraction of sp³-hybridized carbons (Fsp3) is 0.538. The molecule has 6 rings (SSSR count). The smallest absolute Gasteiger partial charge is 0.330 e. The molecule has 10 heteroatoms. The highest BCUT2D eigenvalue weighted by Crippen LogP contribution is 2.64. The number of anilines is 2. The fourth-order valence-electron chi connectivity index (χ4n) is 6.97. The molecule has 36 heavy (non-hydrogen) atoms. The number of aromatic nitrogens is 2. The number of alkyl halides is 1. The maximum absolute atomic E-state index is 13.2. The quantitative estimate of drug-likeness (QED) is 0.432. The lowest BCUT2D eigenvalue weighted by atomic mass is 9.49. The van der Waals surface area contributed by atoms with Crippen molar-refractivity contribution < 1.29 is 14.3 Å². The predicted octanol–water partition coefficient (Wildman–Crippen LogP) is 2.64. The molecule has 1 aromatic carbocycles. The number of nitrogen functional groups attached to an aromatic ring is 1. The van der Waals surface area contributed by atoms with Crippen molar-refractivity contribution in [2.75, 3.05) is 23.8 Å². The van der Waals surface area contributed by atoms with Crippen LogP contribution in [0.3, 0.4) is 0 Å². The second-order valence-electron chi connectivity index (χ2n) is 10.7. The number of likely N-dealkylation sites (N-methyl/N-ethyl adjacent to an activating group) is 1. The van der Waals surface area contributed by atoms with Gasteiger partial charge in [-0.2, -0.15) is 0 Å². The maximum atomic E-state index is 13.2. The normalized spacial score (nSPS) is 28.2. The van der Waals surface area contributed by atoms with Crippen LogP contribution in [0.25, 0.3) is 0 Å². The highest BCUT2D eigenvalue weighted by atomic mass is 35.5. The van der Waals surface area contributed by atoms with Crippen molar-refractivity contribution in [2.45, 2.75) is 56.9 Å². The summed E-state index contributed by atoms with van der Waals surface area (Å²) in [5, 5.41) is 0. The Kier molecular flexibility index (Phi) is 6.22. The van der Waals surface area contributed by atoms with Crippen LogP contribution in [0, 0.1) is 17.3 Å². The van der Waals surface area contributed by atoms with Gasteiger partial charge in [-0.05, 0) is 62.8 Å². The summed E-state index contributed by atoms with van der Waals surface area (Å²) < 4.78 is 6.77. The van der Waals surface area contributed by atoms with Crippen LogP contribution in [-0.2, 0) is 20.9 Å². The third kappa shape index (κ3) is 4.34. The average Bonchev–Trinajstić information content (AvgIpc) is 2.81. The third-order valence-electron chi connectivity index (χ3n) is 8.03. The van der Waals surface area contributed by atoms with E-state index in [1.54, 1.807) is 6.92 Å². The van der Waals surface area contributed by atoms with Gasteiger partial charge < -0.3 is 15.4 Å². The molecule has 2 aromatic rings. The van der Waals surface area contributed by atoms with Gasteiger partial charge in [-0.15, -0.1) is 11.6 Å². The Labute approximate surface area is 213 Å². The summed E-state index contributed by atoms with van der Waals surface area (Å²) in [6, 6.07) is 9.16. The topological polar surface area (TPSA) is 127 Å². The van der Waals surface area contributed by atoms with E-state index in [0.29, 0.717) is 18.3 Å². The van der Waals surface area contributed by atoms with Crippen molar-refractivity contribution in [1.29, 1.82) is 0 Å². The summed E-state index contributed by atoms with van der Waals surface area (Å²) in [7, 11) is 0. The first-order valence-electron chi connectivity index (χ1n) is 12.5. The van der Waals surface area contributed by atoms with Crippen molar-refractivity contribution >= 4 is 35.0 Å². The number of benzene rings is 1. The number of halogens is 1. The molecule has 0 saturated heterocycles. The van der Waals surface area contributed by atoms with E-state index in [9.17, 15) is 19.2 Å². The Morgan fingerprint density at radius 3 is 2.44 bits per heavy atom. The van der Waals surface area contributed by atoms with E-state index in [0.717, 1.165) is 42.6 Å². The summed E-state index contributed by atoms with van der Waals surface area (Å²) in [5.41, 5.74) is 4.84. The van der Waals surface area contributed by atoms with Crippen molar-refractivity contribution in [3.63, 3.8) is 0 Å². The molecule has 4 aliphatic carbocycles. The molecule has 9 nitrogen and oxygen atoms in total. The van der Waals surface area contributed by atoms with Crippen LogP contribution >= 0.6 is 11.6 Å². The highest BCUT2D eigenvalue weighted by molar-refractivity contribution is 6.24. The summed E-state index contributed by atoms with van der Waals surface area (Å²) in [6.45, 7) is 1.39. The molecule has 0 radical (unpaired) electrons. The number of esters is 1. The number of nitrogens with zero attached hydrogens (tertiary/aromatic N) is 2. The maximum Gasteiger partial charge on any atom is 0.330 e. The summed E-state index contributed by atoms with van der Waals surface area (Å²) >= 11 is 6.84. The Morgan fingerprint density at radius 1 is 1.17 bits per heavy atom. The number of rotatable bonds is 7. The Morgan fingerprint density at radius 2 is 1.83 bits per heavy atom. The van der Waals surface area contributed by atoms with Gasteiger partial charge in [-0.1, -0.05) is 30.3 Å². The van der Waals surface area contributed by atoms with Crippen molar-refractivity contribution in [1.82, 2.24) is 9.55 Å². The first-order chi connectivity index (χ1) is 17.1. The van der Waals surface area contributed by atoms with E-state index in [4.69, 9.17) is 22.1 Å². The highest BCUT2D eigenvalue weighted by Gasteiger charge is 2.60. The minimum Gasteiger partial charge on any atom is -0.455 e. The van der Waals surface area contributed by atoms with Gasteiger partial charge in [0.15, 0.2) is 12.3 Å². The van der Waals surface area contributed by atoms with Crippen LogP contribution in [0.2, 0.25) is 0 Å². The number of nitrogens with one attached hydrogen (secondary N) is 1. The van der Waals surface area contributed by atoms with Gasteiger partial charge in [-0.3, -0.25) is 23.9 Å². The lowest BCUT2D eigenvalue weighted by molar-refractivity contribution is -0.171. The van der Waals surface area contributed by atoms with Crippen LogP contribution in [0.4, 0.5) is 11.5 Å². The molecule has 0 spiro atoms. The second kappa shape index (κ2) is 9.10. The number of amides is 1. The van der Waals surface area contributed by atoms with Gasteiger partial charge in [-0.25, -0.2) is 4.79 Å². The van der Waals surface area contributed by atoms with Crippen LogP contribution in [0.15, 0.2) is 39.9 Å². The Balaban J connectivity index is 1.34. The van der Waals surface area contributed by atoms with Gasteiger partial charge in [0.05, 0.1) is 12.0 Å². The average molecular weight is 515 g/mol. The minimum absolute atomic E-state index is 0.104. The van der Waals surface area contributed by atoms with Gasteiger partial charge in [0.25, 0.3) is 11.5 Å². The standard InChI is InChI=1S/C26H31ClN4O5/c1-2-30(20-21(28)31(24(35)29-22(20)33)13-16-6-4-3-5-7-16)19(32)14-36-23(34)25-9-17-8-18(10-25)12-26(27,11-17)15-25/h3-7,17-18H,2,8-15,28H2,1H3,(H,29,33,35)/t17-,18-,25?,26?/m0/s1. The molecular formula is C26H31ClN4O5. The molecule has 1 heterocycles. The number of hydrogen-bond acceptors (Lipinski definition) is 6. The predicted molar refractivity (Wildman–Crippen MR) is 136 cm³/mol. The Hall–Kier alpha value is -3.07. The van der Waals surface area contributed by atoms with Crippen LogP contribution in [0.5, 0.6) is 0 Å². The lowest BCUT2D eigenvalue weighted by Crippen LogP contribution is -2.56. The molecule has 4 fully saturated rings. The molecule has 3 N–H and O–H groups in total. The molecule has 0 unspecified atom stereocenters.